The second-order valence-electron chi connectivity index (χ2n) is 4.45. The van der Waals surface area contributed by atoms with Gasteiger partial charge in [0.1, 0.15) is 0 Å². The highest BCUT2D eigenvalue weighted by Crippen LogP contribution is 2.27. The summed E-state index contributed by atoms with van der Waals surface area (Å²) in [6.07, 6.45) is 7.79. The highest BCUT2D eigenvalue weighted by atomic mass is 35.5. The Morgan fingerprint density at radius 1 is 1.44 bits per heavy atom. The van der Waals surface area contributed by atoms with E-state index in [9.17, 15) is 10.1 Å². The molecular formula is C13H15ClN2O2. The first-order chi connectivity index (χ1) is 8.66. The molecule has 0 radical (unpaired) electrons. The second-order valence-corrected chi connectivity index (χ2v) is 4.86. The van der Waals surface area contributed by atoms with E-state index in [0.717, 1.165) is 25.1 Å². The minimum Gasteiger partial charge on any atom is -0.384 e. The van der Waals surface area contributed by atoms with Gasteiger partial charge in [-0.25, -0.2) is 0 Å². The molecule has 0 aromatic heterocycles. The van der Waals surface area contributed by atoms with Crippen molar-refractivity contribution in [1.82, 2.24) is 0 Å². The van der Waals surface area contributed by atoms with Crippen LogP contribution in [0.15, 0.2) is 30.4 Å². The van der Waals surface area contributed by atoms with Crippen LogP contribution in [-0.4, -0.2) is 11.5 Å². The zero-order valence-electron chi connectivity index (χ0n) is 9.93. The van der Waals surface area contributed by atoms with E-state index in [1.165, 1.54) is 18.6 Å². The Morgan fingerprint density at radius 2 is 2.28 bits per heavy atom. The van der Waals surface area contributed by atoms with Gasteiger partial charge in [0, 0.05) is 18.7 Å². The third-order valence-corrected chi connectivity index (χ3v) is 3.44. The van der Waals surface area contributed by atoms with Crippen LogP contribution in [0.3, 0.4) is 0 Å². The molecule has 0 spiro atoms. The third-order valence-electron chi connectivity index (χ3n) is 3.12. The number of benzene rings is 1. The summed E-state index contributed by atoms with van der Waals surface area (Å²) in [5.41, 5.74) is 0.781. The molecule has 0 aliphatic heterocycles. The molecule has 96 valence electrons. The lowest BCUT2D eigenvalue weighted by Gasteiger charge is -2.19. The lowest BCUT2D eigenvalue weighted by Crippen LogP contribution is -2.15. The van der Waals surface area contributed by atoms with Crippen LogP contribution in [0.25, 0.3) is 0 Å². The Morgan fingerprint density at radius 3 is 2.89 bits per heavy atom. The van der Waals surface area contributed by atoms with Gasteiger partial charge in [0.05, 0.1) is 15.6 Å². The number of hydrogen-bond acceptors (Lipinski definition) is 3. The Bertz CT molecular complexity index is 474. The van der Waals surface area contributed by atoms with Crippen molar-refractivity contribution in [3.8, 4) is 0 Å². The normalized spacial score (nSPS) is 18.6. The Hall–Kier alpha value is -1.55. The molecule has 1 atom stereocenters. The number of anilines is 1. The van der Waals surface area contributed by atoms with Crippen LogP contribution in [0, 0.1) is 16.0 Å². The first-order valence-corrected chi connectivity index (χ1v) is 6.37. The van der Waals surface area contributed by atoms with Crippen molar-refractivity contribution in [2.75, 3.05) is 11.9 Å². The molecule has 0 saturated heterocycles. The summed E-state index contributed by atoms with van der Waals surface area (Å²) in [5.74, 6) is 0.612. The zero-order chi connectivity index (χ0) is 13.0. The number of rotatable bonds is 4. The van der Waals surface area contributed by atoms with E-state index in [-0.39, 0.29) is 5.69 Å². The fraction of sp³-hybridized carbons (Fsp3) is 0.385. The summed E-state index contributed by atoms with van der Waals surface area (Å²) in [4.78, 5) is 10.1. The van der Waals surface area contributed by atoms with Gasteiger partial charge in [-0.05, 0) is 31.2 Å². The summed E-state index contributed by atoms with van der Waals surface area (Å²) in [5, 5.41) is 14.2. The quantitative estimate of drug-likeness (QED) is 0.509. The number of hydrogen-bond donors (Lipinski definition) is 1. The van der Waals surface area contributed by atoms with Crippen LogP contribution in [0.5, 0.6) is 0 Å². The van der Waals surface area contributed by atoms with Crippen LogP contribution in [0.4, 0.5) is 11.4 Å². The van der Waals surface area contributed by atoms with Crippen molar-refractivity contribution in [2.24, 2.45) is 5.92 Å². The first-order valence-electron chi connectivity index (χ1n) is 5.99. The molecule has 1 aliphatic carbocycles. The summed E-state index contributed by atoms with van der Waals surface area (Å²) in [6, 6.07) is 4.51. The van der Waals surface area contributed by atoms with Gasteiger partial charge in [-0.15, -0.1) is 0 Å². The third kappa shape index (κ3) is 3.23. The van der Waals surface area contributed by atoms with Crippen LogP contribution in [0.2, 0.25) is 5.02 Å². The average Bonchev–Trinajstić information content (AvgIpc) is 2.38. The van der Waals surface area contributed by atoms with E-state index in [1.807, 2.05) is 0 Å². The molecule has 0 heterocycles. The molecule has 4 nitrogen and oxygen atoms in total. The molecule has 1 aromatic carbocycles. The van der Waals surface area contributed by atoms with Crippen LogP contribution in [-0.2, 0) is 0 Å². The van der Waals surface area contributed by atoms with Crippen molar-refractivity contribution in [3.63, 3.8) is 0 Å². The maximum Gasteiger partial charge on any atom is 0.271 e. The summed E-state index contributed by atoms with van der Waals surface area (Å²) < 4.78 is 0. The SMILES string of the molecule is O=[N+]([O-])c1ccc(NCC2CC=CCC2)c(Cl)c1. The summed E-state index contributed by atoms with van der Waals surface area (Å²) >= 11 is 6.01. The maximum atomic E-state index is 10.6. The largest absolute Gasteiger partial charge is 0.384 e. The average molecular weight is 267 g/mol. The molecule has 0 amide bonds. The minimum atomic E-state index is -0.443. The van der Waals surface area contributed by atoms with Gasteiger partial charge in [-0.3, -0.25) is 10.1 Å². The van der Waals surface area contributed by atoms with Crippen molar-refractivity contribution in [2.45, 2.75) is 19.3 Å². The highest BCUT2D eigenvalue weighted by molar-refractivity contribution is 6.33. The Balaban J connectivity index is 1.97. The van der Waals surface area contributed by atoms with E-state index in [1.54, 1.807) is 6.07 Å². The molecule has 0 saturated carbocycles. The number of allylic oxidation sites excluding steroid dienone is 2. The van der Waals surface area contributed by atoms with Gasteiger partial charge in [0.25, 0.3) is 5.69 Å². The number of non-ortho nitro benzene ring substituents is 1. The summed E-state index contributed by atoms with van der Waals surface area (Å²) in [6.45, 7) is 0.849. The van der Waals surface area contributed by atoms with E-state index >= 15 is 0 Å². The first kappa shape index (κ1) is 12.9. The topological polar surface area (TPSA) is 55.2 Å². The van der Waals surface area contributed by atoms with Crippen molar-refractivity contribution < 1.29 is 4.92 Å². The van der Waals surface area contributed by atoms with Crippen molar-refractivity contribution >= 4 is 23.0 Å². The second kappa shape index (κ2) is 5.87. The fourth-order valence-corrected chi connectivity index (χ4v) is 2.30. The van der Waals surface area contributed by atoms with Gasteiger partial charge in [-0.2, -0.15) is 0 Å². The predicted molar refractivity (Wildman–Crippen MR) is 73.1 cm³/mol. The molecule has 2 rings (SSSR count). The minimum absolute atomic E-state index is 0.0196. The van der Waals surface area contributed by atoms with Gasteiger partial charge in [-0.1, -0.05) is 23.8 Å². The molecular weight excluding hydrogens is 252 g/mol. The molecule has 1 aromatic rings. The molecule has 1 unspecified atom stereocenters. The smallest absolute Gasteiger partial charge is 0.271 e. The molecule has 18 heavy (non-hydrogen) atoms. The van der Waals surface area contributed by atoms with E-state index in [0.29, 0.717) is 10.9 Å². The Labute approximate surface area is 111 Å². The fourth-order valence-electron chi connectivity index (χ4n) is 2.06. The molecule has 1 aliphatic rings. The monoisotopic (exact) mass is 266 g/mol. The van der Waals surface area contributed by atoms with Crippen LogP contribution in [0.1, 0.15) is 19.3 Å². The van der Waals surface area contributed by atoms with Gasteiger partial charge >= 0.3 is 0 Å². The number of nitro benzene ring substituents is 1. The van der Waals surface area contributed by atoms with Crippen LogP contribution < -0.4 is 5.32 Å². The zero-order valence-corrected chi connectivity index (χ0v) is 10.7. The molecule has 0 bridgehead atoms. The maximum absolute atomic E-state index is 10.6. The number of halogens is 1. The van der Waals surface area contributed by atoms with Gasteiger partial charge in [0.15, 0.2) is 0 Å². The number of nitro groups is 1. The van der Waals surface area contributed by atoms with Crippen LogP contribution >= 0.6 is 11.6 Å². The van der Waals surface area contributed by atoms with E-state index in [4.69, 9.17) is 11.6 Å². The number of nitrogens with zero attached hydrogens (tertiary/aromatic N) is 1. The predicted octanol–water partition coefficient (Wildman–Crippen LogP) is 4.02. The molecule has 1 N–H and O–H groups in total. The Kier molecular flexibility index (Phi) is 4.20. The van der Waals surface area contributed by atoms with E-state index < -0.39 is 4.92 Å². The highest BCUT2D eigenvalue weighted by Gasteiger charge is 2.12. The van der Waals surface area contributed by atoms with Gasteiger partial charge in [0.2, 0.25) is 0 Å². The summed E-state index contributed by atoms with van der Waals surface area (Å²) in [7, 11) is 0. The van der Waals surface area contributed by atoms with E-state index in [2.05, 4.69) is 17.5 Å². The molecule has 5 heteroatoms. The van der Waals surface area contributed by atoms with Crippen molar-refractivity contribution in [3.05, 3.63) is 45.5 Å². The number of nitrogens with one attached hydrogen (secondary N) is 1. The lowest BCUT2D eigenvalue weighted by atomic mass is 9.94. The van der Waals surface area contributed by atoms with Crippen molar-refractivity contribution in [1.29, 1.82) is 0 Å². The molecule has 0 fully saturated rings. The van der Waals surface area contributed by atoms with Gasteiger partial charge < -0.3 is 5.32 Å². The standard InChI is InChI=1S/C13H15ClN2O2/c14-12-8-11(16(17)18)6-7-13(12)15-9-10-4-2-1-3-5-10/h1-2,6-8,10,15H,3-5,9H2. The lowest BCUT2D eigenvalue weighted by molar-refractivity contribution is -0.384.